The van der Waals surface area contributed by atoms with E-state index in [9.17, 15) is 14.7 Å². The number of hydrogen-bond acceptors (Lipinski definition) is 7. The summed E-state index contributed by atoms with van der Waals surface area (Å²) in [4.78, 5) is 25.2. The number of β-amino-alcohol motifs (C(OH)–C–C–N with tert-alkyl or cyclic N) is 1. The number of aliphatic hydroxyl groups excluding tert-OH is 1. The number of fused-ring (bicyclic) bond motifs is 1. The second kappa shape index (κ2) is 5.85. The molecule has 1 atom stereocenters. The molecule has 1 N–H and O–H groups in total. The van der Waals surface area contributed by atoms with E-state index in [-0.39, 0.29) is 6.54 Å². The predicted octanol–water partition coefficient (Wildman–Crippen LogP) is -0.107. The fraction of sp³-hybridized carbons (Fsp3) is 0.308. The number of carbonyl (C=O) groups excluding carboxylic acids is 2. The molecule has 1 aromatic carbocycles. The van der Waals surface area contributed by atoms with Gasteiger partial charge in [-0.25, -0.2) is 4.68 Å². The Labute approximate surface area is 130 Å². The third kappa shape index (κ3) is 2.60. The van der Waals surface area contributed by atoms with Gasteiger partial charge in [-0.1, -0.05) is 23.9 Å². The van der Waals surface area contributed by atoms with Crippen molar-refractivity contribution in [3.8, 4) is 0 Å². The number of rotatable bonds is 5. The number of Topliss-reactive ketones (excluding diaryl/α,β-unsaturated/α-hetero) is 1. The van der Waals surface area contributed by atoms with E-state index in [1.165, 1.54) is 21.3 Å². The van der Waals surface area contributed by atoms with Crippen LogP contribution in [0.5, 0.6) is 0 Å². The second-order valence-electron chi connectivity index (χ2n) is 4.81. The predicted molar refractivity (Wildman–Crippen MR) is 78.7 cm³/mol. The van der Waals surface area contributed by atoms with Gasteiger partial charge in [-0.05, 0) is 22.6 Å². The Morgan fingerprint density at radius 3 is 2.82 bits per heavy atom. The molecule has 0 bridgehead atoms. The summed E-state index contributed by atoms with van der Waals surface area (Å²) in [6.07, 6.45) is -0.801. The quantitative estimate of drug-likeness (QED) is 0.606. The van der Waals surface area contributed by atoms with Crippen LogP contribution in [0, 0.1) is 0 Å². The molecule has 0 fully saturated rings. The lowest BCUT2D eigenvalue weighted by Gasteiger charge is -2.19. The highest BCUT2D eigenvalue weighted by molar-refractivity contribution is 7.99. The number of thioether (sulfide) groups is 1. The highest BCUT2D eigenvalue weighted by atomic mass is 32.2. The molecule has 2 aromatic rings. The summed E-state index contributed by atoms with van der Waals surface area (Å²) in [7, 11) is 1.70. The molecule has 9 heteroatoms. The maximum Gasteiger partial charge on any atom is 0.299 e. The zero-order chi connectivity index (χ0) is 15.7. The number of aromatic nitrogens is 4. The first-order valence-corrected chi connectivity index (χ1v) is 7.55. The van der Waals surface area contributed by atoms with Crippen LogP contribution in [-0.2, 0) is 11.8 Å². The fourth-order valence-electron chi connectivity index (χ4n) is 2.21. The SMILES string of the molecule is Cn1nnnc1SCC(O)CN1C(=O)C(=O)c2ccccc21. The van der Waals surface area contributed by atoms with E-state index >= 15 is 0 Å². The smallest absolute Gasteiger partial charge is 0.299 e. The first-order valence-electron chi connectivity index (χ1n) is 6.56. The highest BCUT2D eigenvalue weighted by Gasteiger charge is 2.36. The monoisotopic (exact) mass is 319 g/mol. The molecule has 114 valence electrons. The first kappa shape index (κ1) is 14.7. The summed E-state index contributed by atoms with van der Waals surface area (Å²) < 4.78 is 1.50. The molecule has 22 heavy (non-hydrogen) atoms. The van der Waals surface area contributed by atoms with Crippen LogP contribution in [0.1, 0.15) is 10.4 Å². The van der Waals surface area contributed by atoms with Crippen LogP contribution < -0.4 is 4.90 Å². The number of tetrazole rings is 1. The Bertz CT molecular complexity index is 732. The van der Waals surface area contributed by atoms with Crippen LogP contribution >= 0.6 is 11.8 Å². The highest BCUT2D eigenvalue weighted by Crippen LogP contribution is 2.28. The Morgan fingerprint density at radius 1 is 1.32 bits per heavy atom. The van der Waals surface area contributed by atoms with Crippen LogP contribution in [0.4, 0.5) is 5.69 Å². The molecular formula is C13H13N5O3S. The largest absolute Gasteiger partial charge is 0.390 e. The lowest BCUT2D eigenvalue weighted by atomic mass is 10.1. The van der Waals surface area contributed by atoms with Crippen molar-refractivity contribution in [1.29, 1.82) is 0 Å². The number of anilines is 1. The van der Waals surface area contributed by atoms with E-state index in [4.69, 9.17) is 0 Å². The van der Waals surface area contributed by atoms with E-state index in [0.717, 1.165) is 0 Å². The number of ketones is 1. The molecule has 1 aliphatic heterocycles. The van der Waals surface area contributed by atoms with Crippen molar-refractivity contribution < 1.29 is 14.7 Å². The van der Waals surface area contributed by atoms with Crippen molar-refractivity contribution in [2.45, 2.75) is 11.3 Å². The Hall–Kier alpha value is -2.26. The number of para-hydroxylation sites is 1. The van der Waals surface area contributed by atoms with Gasteiger partial charge in [-0.2, -0.15) is 0 Å². The van der Waals surface area contributed by atoms with Gasteiger partial charge >= 0.3 is 0 Å². The lowest BCUT2D eigenvalue weighted by molar-refractivity contribution is -0.114. The maximum absolute atomic E-state index is 12.0. The van der Waals surface area contributed by atoms with Gasteiger partial charge in [0.25, 0.3) is 11.7 Å². The van der Waals surface area contributed by atoms with Gasteiger partial charge in [0.1, 0.15) is 0 Å². The molecular weight excluding hydrogens is 306 g/mol. The number of carbonyl (C=O) groups is 2. The van der Waals surface area contributed by atoms with Gasteiger partial charge in [0.15, 0.2) is 0 Å². The van der Waals surface area contributed by atoms with Crippen LogP contribution in [0.2, 0.25) is 0 Å². The molecule has 0 saturated heterocycles. The van der Waals surface area contributed by atoms with E-state index in [2.05, 4.69) is 15.5 Å². The van der Waals surface area contributed by atoms with Crippen LogP contribution in [0.25, 0.3) is 0 Å². The zero-order valence-electron chi connectivity index (χ0n) is 11.7. The Morgan fingerprint density at radius 2 is 2.09 bits per heavy atom. The molecule has 1 aromatic heterocycles. The molecule has 0 radical (unpaired) electrons. The zero-order valence-corrected chi connectivity index (χ0v) is 12.5. The summed E-state index contributed by atoms with van der Waals surface area (Å²) in [6.45, 7) is 0.0554. The fourth-order valence-corrected chi connectivity index (χ4v) is 2.97. The second-order valence-corrected chi connectivity index (χ2v) is 5.80. The molecule has 1 amide bonds. The Kier molecular flexibility index (Phi) is 3.90. The molecule has 1 unspecified atom stereocenters. The molecule has 0 saturated carbocycles. The number of nitrogens with zero attached hydrogens (tertiary/aromatic N) is 5. The van der Waals surface area contributed by atoms with E-state index < -0.39 is 17.8 Å². The number of aryl methyl sites for hydroxylation is 1. The first-order chi connectivity index (χ1) is 10.6. The lowest BCUT2D eigenvalue weighted by Crippen LogP contribution is -2.37. The average molecular weight is 319 g/mol. The van der Waals surface area contributed by atoms with Crippen molar-refractivity contribution in [3.63, 3.8) is 0 Å². The molecule has 2 heterocycles. The topological polar surface area (TPSA) is 101 Å². The van der Waals surface area contributed by atoms with Gasteiger partial charge in [0.2, 0.25) is 5.16 Å². The van der Waals surface area contributed by atoms with Gasteiger partial charge in [-0.15, -0.1) is 5.10 Å². The van der Waals surface area contributed by atoms with E-state index in [1.54, 1.807) is 31.3 Å². The molecule has 8 nitrogen and oxygen atoms in total. The number of hydrogen-bond donors (Lipinski definition) is 1. The van der Waals surface area contributed by atoms with Crippen molar-refractivity contribution in [2.75, 3.05) is 17.2 Å². The van der Waals surface area contributed by atoms with E-state index in [1.807, 2.05) is 0 Å². The summed E-state index contributed by atoms with van der Waals surface area (Å²) in [6, 6.07) is 6.78. The molecule has 3 rings (SSSR count). The number of aliphatic hydroxyl groups is 1. The number of amides is 1. The summed E-state index contributed by atoms with van der Waals surface area (Å²) in [5.74, 6) is -0.826. The molecule has 0 aliphatic carbocycles. The summed E-state index contributed by atoms with van der Waals surface area (Å²) >= 11 is 1.28. The van der Waals surface area contributed by atoms with Gasteiger partial charge in [0.05, 0.1) is 23.9 Å². The normalized spacial score (nSPS) is 15.3. The van der Waals surface area contributed by atoms with Crippen molar-refractivity contribution in [2.24, 2.45) is 7.05 Å². The van der Waals surface area contributed by atoms with Crippen LogP contribution in [0.15, 0.2) is 29.4 Å². The van der Waals surface area contributed by atoms with E-state index in [0.29, 0.717) is 22.2 Å². The molecule has 1 aliphatic rings. The minimum Gasteiger partial charge on any atom is -0.390 e. The third-order valence-electron chi connectivity index (χ3n) is 3.26. The average Bonchev–Trinajstić information content (AvgIpc) is 3.03. The molecule has 0 spiro atoms. The van der Waals surface area contributed by atoms with Crippen molar-refractivity contribution in [3.05, 3.63) is 29.8 Å². The Balaban J connectivity index is 1.67. The third-order valence-corrected chi connectivity index (χ3v) is 4.41. The van der Waals surface area contributed by atoms with Crippen molar-refractivity contribution in [1.82, 2.24) is 20.2 Å². The number of benzene rings is 1. The van der Waals surface area contributed by atoms with Crippen LogP contribution in [0.3, 0.4) is 0 Å². The minimum atomic E-state index is -0.801. The van der Waals surface area contributed by atoms with Crippen molar-refractivity contribution >= 4 is 29.1 Å². The standard InChI is InChI=1S/C13H13N5O3S/c1-17-13(14-15-16-17)22-7-8(19)6-18-10-5-3-2-4-9(10)11(20)12(18)21/h2-5,8,19H,6-7H2,1H3. The van der Waals surface area contributed by atoms with Gasteiger partial charge in [0, 0.05) is 12.8 Å². The summed E-state index contributed by atoms with van der Waals surface area (Å²) in [5, 5.41) is 21.7. The van der Waals surface area contributed by atoms with Gasteiger partial charge < -0.3 is 10.0 Å². The van der Waals surface area contributed by atoms with Crippen LogP contribution in [-0.4, -0.2) is 55.4 Å². The maximum atomic E-state index is 12.0. The summed E-state index contributed by atoms with van der Waals surface area (Å²) in [5.41, 5.74) is 0.923. The van der Waals surface area contributed by atoms with Gasteiger partial charge in [-0.3, -0.25) is 9.59 Å². The minimum absolute atomic E-state index is 0.0554.